The van der Waals surface area contributed by atoms with Crippen molar-refractivity contribution in [3.8, 4) is 0 Å². The number of benzene rings is 1. The van der Waals surface area contributed by atoms with E-state index in [1.54, 1.807) is 25.1 Å². The van der Waals surface area contributed by atoms with Crippen molar-refractivity contribution in [3.05, 3.63) is 29.3 Å². The molecule has 0 radical (unpaired) electrons. The minimum absolute atomic E-state index is 0.389. The van der Waals surface area contributed by atoms with Gasteiger partial charge in [0.15, 0.2) is 0 Å². The van der Waals surface area contributed by atoms with Gasteiger partial charge >= 0.3 is 5.91 Å². The second-order valence-corrected chi connectivity index (χ2v) is 3.22. The molecule has 1 aliphatic heterocycles. The largest absolute Gasteiger partial charge is 0.314 e. The average Bonchev–Trinajstić information content (AvgIpc) is 2.33. The Bertz CT molecular complexity index is 414. The molecule has 0 N–H and O–H groups in total. The number of carbonyl (C=O) groups is 2. The highest BCUT2D eigenvalue weighted by molar-refractivity contribution is 6.61. The van der Waals surface area contributed by atoms with E-state index < -0.39 is 11.7 Å². The first-order chi connectivity index (χ1) is 6.13. The fourth-order valence-corrected chi connectivity index (χ4v) is 1.71. The molecule has 3 nitrogen and oxygen atoms in total. The van der Waals surface area contributed by atoms with Crippen LogP contribution in [0, 0.1) is 6.92 Å². The van der Waals surface area contributed by atoms with Gasteiger partial charge in [0.1, 0.15) is 0 Å². The van der Waals surface area contributed by atoms with Crippen LogP contribution in [0.25, 0.3) is 0 Å². The number of rotatable bonds is 0. The van der Waals surface area contributed by atoms with E-state index in [9.17, 15) is 9.59 Å². The highest BCUT2D eigenvalue weighted by Crippen LogP contribution is 2.33. The molecule has 1 aromatic rings. The molecule has 66 valence electrons. The van der Waals surface area contributed by atoms with Crippen molar-refractivity contribution in [1.82, 2.24) is 0 Å². The van der Waals surface area contributed by atoms with Gasteiger partial charge in [-0.25, -0.2) is 4.42 Å². The number of halogens is 1. The third-order valence-corrected chi connectivity index (χ3v) is 2.37. The summed E-state index contributed by atoms with van der Waals surface area (Å²) in [6.45, 7) is 1.81. The van der Waals surface area contributed by atoms with Crippen molar-refractivity contribution in [2.45, 2.75) is 6.92 Å². The summed E-state index contributed by atoms with van der Waals surface area (Å²) in [6, 6.07) is 5.14. The number of ketones is 1. The fourth-order valence-electron chi connectivity index (χ4n) is 1.41. The summed E-state index contributed by atoms with van der Waals surface area (Å²) in [6.07, 6.45) is 0. The number of para-hydroxylation sites is 1. The van der Waals surface area contributed by atoms with Gasteiger partial charge in [0, 0.05) is 11.8 Å². The highest BCUT2D eigenvalue weighted by Gasteiger charge is 2.35. The highest BCUT2D eigenvalue weighted by atomic mass is 35.5. The van der Waals surface area contributed by atoms with E-state index in [-0.39, 0.29) is 0 Å². The lowest BCUT2D eigenvalue weighted by atomic mass is 10.1. The Kier molecular flexibility index (Phi) is 1.63. The van der Waals surface area contributed by atoms with Crippen LogP contribution in [0.4, 0.5) is 5.69 Å². The number of carbonyl (C=O) groups excluding carboxylic acids is 2. The smallest absolute Gasteiger partial charge is 0.283 e. The zero-order valence-corrected chi connectivity index (χ0v) is 7.63. The molecule has 0 unspecified atom stereocenters. The van der Waals surface area contributed by atoms with E-state index in [2.05, 4.69) is 0 Å². The number of hydrogen-bond donors (Lipinski definition) is 0. The summed E-state index contributed by atoms with van der Waals surface area (Å²) >= 11 is 5.66. The summed E-state index contributed by atoms with van der Waals surface area (Å²) < 4.78 is 0.882. The van der Waals surface area contributed by atoms with Crippen molar-refractivity contribution in [1.29, 1.82) is 0 Å². The Morgan fingerprint density at radius 2 is 2.00 bits per heavy atom. The van der Waals surface area contributed by atoms with Crippen LogP contribution in [0.5, 0.6) is 0 Å². The van der Waals surface area contributed by atoms with Crippen molar-refractivity contribution < 1.29 is 9.59 Å². The topological polar surface area (TPSA) is 37.4 Å². The van der Waals surface area contributed by atoms with Crippen molar-refractivity contribution in [3.63, 3.8) is 0 Å². The van der Waals surface area contributed by atoms with Gasteiger partial charge in [-0.15, -0.1) is 0 Å². The molecular weight excluding hydrogens is 190 g/mol. The number of hydrogen-bond acceptors (Lipinski definition) is 2. The van der Waals surface area contributed by atoms with Crippen LogP contribution in [0.1, 0.15) is 15.9 Å². The van der Waals surface area contributed by atoms with Gasteiger partial charge in [0.05, 0.1) is 11.3 Å². The van der Waals surface area contributed by atoms with Crippen LogP contribution >= 0.6 is 11.8 Å². The Morgan fingerprint density at radius 3 is 2.62 bits per heavy atom. The van der Waals surface area contributed by atoms with Crippen LogP contribution in [0.3, 0.4) is 0 Å². The maximum Gasteiger partial charge on any atom is 0.314 e. The maximum atomic E-state index is 11.3. The van der Waals surface area contributed by atoms with Gasteiger partial charge in [-0.1, -0.05) is 12.1 Å². The SMILES string of the molecule is Cc1cccc2c1N(Cl)C(=O)C2=O. The van der Waals surface area contributed by atoms with Crippen molar-refractivity contribution in [2.75, 3.05) is 4.42 Å². The number of aryl methyl sites for hydroxylation is 1. The standard InChI is InChI=1S/C9H6ClNO2/c1-5-3-2-4-6-7(5)11(10)9(13)8(6)12/h2-4H,1H3. The molecule has 0 aromatic heterocycles. The minimum atomic E-state index is -0.675. The molecule has 13 heavy (non-hydrogen) atoms. The van der Waals surface area contributed by atoms with E-state index in [1.165, 1.54) is 0 Å². The summed E-state index contributed by atoms with van der Waals surface area (Å²) in [7, 11) is 0. The fraction of sp³-hybridized carbons (Fsp3) is 0.111. The van der Waals surface area contributed by atoms with Gasteiger partial charge in [-0.2, -0.15) is 0 Å². The van der Waals surface area contributed by atoms with E-state index in [0.717, 1.165) is 9.98 Å². The third kappa shape index (κ3) is 0.971. The predicted molar refractivity (Wildman–Crippen MR) is 48.8 cm³/mol. The van der Waals surface area contributed by atoms with E-state index >= 15 is 0 Å². The molecule has 1 amide bonds. The van der Waals surface area contributed by atoms with Gasteiger partial charge in [0.25, 0.3) is 5.78 Å². The molecule has 1 aromatic carbocycles. The summed E-state index contributed by atoms with van der Waals surface area (Å²) in [5.41, 5.74) is 1.73. The first kappa shape index (κ1) is 8.26. The van der Waals surface area contributed by atoms with Gasteiger partial charge in [-0.05, 0) is 18.6 Å². The number of nitrogens with zero attached hydrogens (tertiary/aromatic N) is 1. The molecule has 1 heterocycles. The molecule has 0 saturated heterocycles. The maximum absolute atomic E-state index is 11.3. The summed E-state index contributed by atoms with van der Waals surface area (Å²) in [4.78, 5) is 22.4. The molecule has 0 aliphatic carbocycles. The van der Waals surface area contributed by atoms with Gasteiger partial charge < -0.3 is 0 Å². The van der Waals surface area contributed by atoms with Gasteiger partial charge in [0.2, 0.25) is 0 Å². The van der Waals surface area contributed by atoms with Crippen LogP contribution < -0.4 is 4.42 Å². The molecule has 0 fully saturated rings. The summed E-state index contributed by atoms with van der Waals surface area (Å²) in [5, 5.41) is 0. The average molecular weight is 196 g/mol. The lowest BCUT2D eigenvalue weighted by Gasteiger charge is -2.07. The first-order valence-corrected chi connectivity index (χ1v) is 4.11. The van der Waals surface area contributed by atoms with Crippen LogP contribution in [-0.2, 0) is 4.79 Å². The van der Waals surface area contributed by atoms with Gasteiger partial charge in [-0.3, -0.25) is 9.59 Å². The van der Waals surface area contributed by atoms with Crippen molar-refractivity contribution >= 4 is 29.2 Å². The Hall–Kier alpha value is -1.35. The molecule has 0 atom stereocenters. The molecule has 0 saturated carbocycles. The van der Waals surface area contributed by atoms with Crippen LogP contribution in [0.2, 0.25) is 0 Å². The van der Waals surface area contributed by atoms with Crippen molar-refractivity contribution in [2.24, 2.45) is 0 Å². The quantitative estimate of drug-likeness (QED) is 0.467. The second kappa shape index (κ2) is 2.57. The monoisotopic (exact) mass is 195 g/mol. The summed E-state index contributed by atoms with van der Waals surface area (Å²) in [5.74, 6) is -1.21. The van der Waals surface area contributed by atoms with E-state index in [4.69, 9.17) is 11.8 Å². The number of anilines is 1. The lowest BCUT2D eigenvalue weighted by Crippen LogP contribution is -2.20. The number of amides is 1. The van der Waals surface area contributed by atoms with Crippen LogP contribution in [-0.4, -0.2) is 11.7 Å². The Balaban J connectivity index is 2.73. The minimum Gasteiger partial charge on any atom is -0.283 e. The number of Topliss-reactive ketones (excluding diaryl/α,β-unsaturated/α-hetero) is 1. The third-order valence-electron chi connectivity index (χ3n) is 2.05. The van der Waals surface area contributed by atoms with E-state index in [1.807, 2.05) is 0 Å². The molecule has 0 spiro atoms. The molecule has 1 aliphatic rings. The molecule has 4 heteroatoms. The zero-order chi connectivity index (χ0) is 9.59. The van der Waals surface area contributed by atoms with Crippen LogP contribution in [0.15, 0.2) is 18.2 Å². The second-order valence-electron chi connectivity index (χ2n) is 2.89. The molecule has 2 rings (SSSR count). The predicted octanol–water partition coefficient (Wildman–Crippen LogP) is 1.68. The zero-order valence-electron chi connectivity index (χ0n) is 6.87. The molecular formula is C9H6ClNO2. The van der Waals surface area contributed by atoms with E-state index in [0.29, 0.717) is 11.3 Å². The lowest BCUT2D eigenvalue weighted by molar-refractivity contribution is -0.113. The Labute approximate surface area is 80.0 Å². The first-order valence-electron chi connectivity index (χ1n) is 3.77. The number of fused-ring (bicyclic) bond motifs is 1. The molecule has 0 bridgehead atoms. The Morgan fingerprint density at radius 1 is 1.31 bits per heavy atom. The normalized spacial score (nSPS) is 15.1.